The van der Waals surface area contributed by atoms with Crippen LogP contribution in [0.1, 0.15) is 50.3 Å². The van der Waals surface area contributed by atoms with Crippen molar-refractivity contribution in [2.75, 3.05) is 6.54 Å². The molecule has 0 saturated carbocycles. The van der Waals surface area contributed by atoms with Gasteiger partial charge in [-0.3, -0.25) is 9.59 Å². The van der Waals surface area contributed by atoms with Gasteiger partial charge in [-0.15, -0.1) is 0 Å². The molecule has 26 heavy (non-hydrogen) atoms. The molecule has 2 aliphatic rings. The van der Waals surface area contributed by atoms with E-state index in [4.69, 9.17) is 0 Å². The predicted octanol–water partition coefficient (Wildman–Crippen LogP) is 2.66. The van der Waals surface area contributed by atoms with Crippen LogP contribution in [0.2, 0.25) is 0 Å². The second-order valence-electron chi connectivity index (χ2n) is 7.16. The summed E-state index contributed by atoms with van der Waals surface area (Å²) < 4.78 is 0. The summed E-state index contributed by atoms with van der Waals surface area (Å²) in [5, 5.41) is 9.51. The molecule has 2 aliphatic heterocycles. The molecular weight excluding hydrogens is 332 g/mol. The highest BCUT2D eigenvalue weighted by molar-refractivity contribution is 5.86. The number of carboxylic acid groups (broad SMARTS) is 1. The predicted molar refractivity (Wildman–Crippen MR) is 96.9 cm³/mol. The van der Waals surface area contributed by atoms with Crippen LogP contribution in [-0.2, 0) is 14.4 Å². The zero-order valence-corrected chi connectivity index (χ0v) is 15.1. The van der Waals surface area contributed by atoms with Gasteiger partial charge in [0, 0.05) is 19.7 Å². The molecule has 3 atom stereocenters. The average molecular weight is 356 g/mol. The number of benzene rings is 1. The Morgan fingerprint density at radius 1 is 1.23 bits per heavy atom. The van der Waals surface area contributed by atoms with Crippen molar-refractivity contribution in [3.63, 3.8) is 0 Å². The minimum atomic E-state index is -0.961. The fraction of sp³-hybridized carbons (Fsp3) is 0.450. The van der Waals surface area contributed by atoms with Crippen LogP contribution >= 0.6 is 0 Å². The van der Waals surface area contributed by atoms with E-state index in [1.807, 2.05) is 37.3 Å². The number of hydrogen-bond acceptors (Lipinski definition) is 3. The Hall–Kier alpha value is -2.63. The smallest absolute Gasteiger partial charge is 0.326 e. The highest BCUT2D eigenvalue weighted by Crippen LogP contribution is 2.34. The summed E-state index contributed by atoms with van der Waals surface area (Å²) in [6.07, 6.45) is 4.92. The van der Waals surface area contributed by atoms with Gasteiger partial charge in [0.15, 0.2) is 0 Å². The van der Waals surface area contributed by atoms with E-state index >= 15 is 0 Å². The first-order valence-electron chi connectivity index (χ1n) is 8.96. The van der Waals surface area contributed by atoms with E-state index in [0.717, 1.165) is 17.5 Å². The van der Waals surface area contributed by atoms with Gasteiger partial charge in [-0.2, -0.15) is 0 Å². The molecule has 0 aromatic heterocycles. The Balaban J connectivity index is 1.85. The maximum absolute atomic E-state index is 13.0. The number of fused-ring (bicyclic) bond motifs is 1. The normalized spacial score (nSPS) is 24.9. The lowest BCUT2D eigenvalue weighted by Crippen LogP contribution is -2.50. The molecule has 0 spiro atoms. The van der Waals surface area contributed by atoms with Crippen LogP contribution in [0.3, 0.4) is 0 Å². The lowest BCUT2D eigenvalue weighted by atomic mass is 9.90. The number of likely N-dealkylation sites (tertiary alicyclic amines) is 1. The van der Waals surface area contributed by atoms with Crippen molar-refractivity contribution in [3.8, 4) is 0 Å². The van der Waals surface area contributed by atoms with Crippen LogP contribution in [0, 0.1) is 5.92 Å². The van der Waals surface area contributed by atoms with E-state index in [9.17, 15) is 19.5 Å². The molecule has 138 valence electrons. The van der Waals surface area contributed by atoms with Crippen molar-refractivity contribution in [3.05, 3.63) is 41.6 Å². The molecule has 3 unspecified atom stereocenters. The van der Waals surface area contributed by atoms with E-state index in [1.165, 1.54) is 11.8 Å². The number of piperidine rings is 1. The monoisotopic (exact) mass is 356 g/mol. The Morgan fingerprint density at radius 3 is 2.65 bits per heavy atom. The summed E-state index contributed by atoms with van der Waals surface area (Å²) >= 11 is 0. The van der Waals surface area contributed by atoms with E-state index in [2.05, 4.69) is 0 Å². The van der Waals surface area contributed by atoms with Crippen LogP contribution in [0.25, 0.3) is 6.08 Å². The largest absolute Gasteiger partial charge is 0.480 e. The van der Waals surface area contributed by atoms with Gasteiger partial charge >= 0.3 is 5.97 Å². The summed E-state index contributed by atoms with van der Waals surface area (Å²) in [5.41, 5.74) is 1.89. The average Bonchev–Trinajstić information content (AvgIpc) is 2.61. The van der Waals surface area contributed by atoms with Gasteiger partial charge in [0.25, 0.3) is 0 Å². The highest BCUT2D eigenvalue weighted by Gasteiger charge is 2.37. The minimum absolute atomic E-state index is 0.0824. The molecule has 1 saturated heterocycles. The Bertz CT molecular complexity index is 758. The summed E-state index contributed by atoms with van der Waals surface area (Å²) in [6.45, 7) is 3.93. The molecule has 3 rings (SSSR count). The fourth-order valence-corrected chi connectivity index (χ4v) is 3.87. The van der Waals surface area contributed by atoms with Gasteiger partial charge in [0.1, 0.15) is 6.04 Å². The third-order valence-corrected chi connectivity index (χ3v) is 5.31. The summed E-state index contributed by atoms with van der Waals surface area (Å²) in [7, 11) is 0. The molecule has 2 amide bonds. The summed E-state index contributed by atoms with van der Waals surface area (Å²) in [5.74, 6) is -1.04. The lowest BCUT2D eigenvalue weighted by molar-refractivity contribution is -0.153. The topological polar surface area (TPSA) is 77.9 Å². The van der Waals surface area contributed by atoms with Crippen LogP contribution in [0.15, 0.2) is 30.5 Å². The zero-order chi connectivity index (χ0) is 18.8. The molecule has 1 aromatic rings. The van der Waals surface area contributed by atoms with Crippen molar-refractivity contribution in [1.82, 2.24) is 9.80 Å². The third-order valence-electron chi connectivity index (χ3n) is 5.31. The summed E-state index contributed by atoms with van der Waals surface area (Å²) in [4.78, 5) is 39.7. The first-order valence-corrected chi connectivity index (χ1v) is 8.96. The molecule has 1 N–H and O–H groups in total. The van der Waals surface area contributed by atoms with Gasteiger partial charge in [-0.1, -0.05) is 31.2 Å². The van der Waals surface area contributed by atoms with Gasteiger partial charge in [-0.05, 0) is 36.0 Å². The second-order valence-corrected chi connectivity index (χ2v) is 7.16. The number of hydrogen-bond donors (Lipinski definition) is 1. The number of aliphatic carboxylic acids is 1. The molecule has 0 aliphatic carbocycles. The van der Waals surface area contributed by atoms with E-state index < -0.39 is 18.1 Å². The zero-order valence-electron chi connectivity index (χ0n) is 15.1. The van der Waals surface area contributed by atoms with Gasteiger partial charge in [0.2, 0.25) is 11.8 Å². The molecule has 6 nitrogen and oxygen atoms in total. The first kappa shape index (κ1) is 18.2. The first-order chi connectivity index (χ1) is 12.4. The van der Waals surface area contributed by atoms with E-state index in [-0.39, 0.29) is 24.2 Å². The van der Waals surface area contributed by atoms with Gasteiger partial charge in [-0.25, -0.2) is 4.79 Å². The molecule has 1 fully saturated rings. The number of carboxylic acids is 1. The number of carbonyl (C=O) groups is 3. The van der Waals surface area contributed by atoms with E-state index in [1.54, 1.807) is 11.1 Å². The van der Waals surface area contributed by atoms with Gasteiger partial charge < -0.3 is 14.9 Å². The second kappa shape index (κ2) is 7.32. The van der Waals surface area contributed by atoms with Gasteiger partial charge in [0.05, 0.1) is 12.5 Å². The fourth-order valence-electron chi connectivity index (χ4n) is 3.87. The number of nitrogens with zero attached hydrogens (tertiary/aromatic N) is 2. The quantitative estimate of drug-likeness (QED) is 0.903. The molecule has 2 heterocycles. The maximum atomic E-state index is 13.0. The van der Waals surface area contributed by atoms with Crippen LogP contribution in [0.4, 0.5) is 0 Å². The standard InChI is InChI=1S/C20H24N2O4/c1-13-7-9-22(18(11-13)20(25)26)19(24)12-17-16-6-4-3-5-15(16)8-10-21(17)14(2)23/h3-6,8,10,13,17-18H,7,9,11-12H2,1-2H3,(H,25,26). The number of amides is 2. The molecular formula is C20H24N2O4. The SMILES string of the molecule is CC(=O)N1C=Cc2ccccc2C1CC(=O)N1CCC(C)CC1C(=O)O. The minimum Gasteiger partial charge on any atom is -0.480 e. The maximum Gasteiger partial charge on any atom is 0.326 e. The number of carbonyl (C=O) groups excluding carboxylic acids is 2. The highest BCUT2D eigenvalue weighted by atomic mass is 16.4. The Labute approximate surface area is 153 Å². The molecule has 0 radical (unpaired) electrons. The third kappa shape index (κ3) is 3.49. The van der Waals surface area contributed by atoms with Crippen molar-refractivity contribution in [2.24, 2.45) is 5.92 Å². The van der Waals surface area contributed by atoms with Crippen LogP contribution < -0.4 is 0 Å². The Kier molecular flexibility index (Phi) is 5.11. The molecule has 1 aromatic carbocycles. The Morgan fingerprint density at radius 2 is 1.96 bits per heavy atom. The lowest BCUT2D eigenvalue weighted by Gasteiger charge is -2.38. The molecule has 0 bridgehead atoms. The van der Waals surface area contributed by atoms with Crippen LogP contribution in [0.5, 0.6) is 0 Å². The van der Waals surface area contributed by atoms with Crippen molar-refractivity contribution < 1.29 is 19.5 Å². The molecule has 6 heteroatoms. The van der Waals surface area contributed by atoms with Crippen molar-refractivity contribution >= 4 is 23.9 Å². The van der Waals surface area contributed by atoms with E-state index in [0.29, 0.717) is 13.0 Å². The summed E-state index contributed by atoms with van der Waals surface area (Å²) in [6, 6.07) is 6.47. The van der Waals surface area contributed by atoms with Crippen LogP contribution in [-0.4, -0.2) is 45.3 Å². The van der Waals surface area contributed by atoms with Crippen molar-refractivity contribution in [2.45, 2.75) is 45.2 Å². The number of rotatable bonds is 3. The van der Waals surface area contributed by atoms with Crippen molar-refractivity contribution in [1.29, 1.82) is 0 Å².